The first-order valence-corrected chi connectivity index (χ1v) is 9.21. The van der Waals surface area contributed by atoms with Gasteiger partial charge in [0.1, 0.15) is 12.9 Å². The average molecular weight is 458 g/mol. The van der Waals surface area contributed by atoms with Gasteiger partial charge in [-0.25, -0.2) is 9.67 Å². The molecule has 0 aliphatic carbocycles. The zero-order valence-electron chi connectivity index (χ0n) is 14.0. The number of anilines is 1. The highest BCUT2D eigenvalue weighted by molar-refractivity contribution is 9.10. The summed E-state index contributed by atoms with van der Waals surface area (Å²) in [7, 11) is 0. The van der Waals surface area contributed by atoms with Gasteiger partial charge in [0.2, 0.25) is 11.9 Å². The first-order valence-electron chi connectivity index (χ1n) is 7.66. The van der Waals surface area contributed by atoms with Crippen molar-refractivity contribution in [3.8, 4) is 0 Å². The molecule has 2 aromatic heterocycles. The lowest BCUT2D eigenvalue weighted by Gasteiger charge is -2.04. The van der Waals surface area contributed by atoms with Gasteiger partial charge in [0.15, 0.2) is 0 Å². The van der Waals surface area contributed by atoms with Gasteiger partial charge in [0.05, 0.1) is 32.5 Å². The number of rotatable bonds is 5. The van der Waals surface area contributed by atoms with E-state index in [9.17, 15) is 4.79 Å². The van der Waals surface area contributed by atoms with Crippen molar-refractivity contribution in [2.24, 2.45) is 0 Å². The molecule has 0 fully saturated rings. The van der Waals surface area contributed by atoms with E-state index in [0.717, 1.165) is 21.4 Å². The van der Waals surface area contributed by atoms with Crippen LogP contribution in [0.2, 0.25) is 10.0 Å². The zero-order valence-corrected chi connectivity index (χ0v) is 17.1. The predicted molar refractivity (Wildman–Crippen MR) is 104 cm³/mol. The SMILES string of the molecule is Cc1nn(CC(=O)Nc2ncn(Cc3ccc(Cl)c(Cl)c3)n2)c(C)c1Br. The third kappa shape index (κ3) is 4.25. The van der Waals surface area contributed by atoms with E-state index in [2.05, 4.69) is 36.4 Å². The molecular formula is C16H15BrCl2N6O. The molecule has 0 saturated carbocycles. The quantitative estimate of drug-likeness (QED) is 0.631. The summed E-state index contributed by atoms with van der Waals surface area (Å²) in [6, 6.07) is 5.35. The van der Waals surface area contributed by atoms with E-state index in [1.165, 1.54) is 6.33 Å². The van der Waals surface area contributed by atoms with Gasteiger partial charge >= 0.3 is 0 Å². The van der Waals surface area contributed by atoms with Crippen molar-refractivity contribution in [2.45, 2.75) is 26.9 Å². The number of aryl methyl sites for hydroxylation is 1. The Labute approximate surface area is 168 Å². The topological polar surface area (TPSA) is 77.6 Å². The first-order chi connectivity index (χ1) is 12.3. The van der Waals surface area contributed by atoms with E-state index < -0.39 is 0 Å². The maximum absolute atomic E-state index is 12.2. The summed E-state index contributed by atoms with van der Waals surface area (Å²) in [5, 5.41) is 12.2. The van der Waals surface area contributed by atoms with Crippen LogP contribution >= 0.6 is 39.1 Å². The van der Waals surface area contributed by atoms with E-state index in [0.29, 0.717) is 16.6 Å². The van der Waals surface area contributed by atoms with Crippen LogP contribution in [0.5, 0.6) is 0 Å². The Morgan fingerprint density at radius 3 is 2.65 bits per heavy atom. The molecule has 7 nitrogen and oxygen atoms in total. The van der Waals surface area contributed by atoms with Gasteiger partial charge < -0.3 is 0 Å². The van der Waals surface area contributed by atoms with Gasteiger partial charge in [0.25, 0.3) is 0 Å². The van der Waals surface area contributed by atoms with Gasteiger partial charge in [-0.15, -0.1) is 5.10 Å². The van der Waals surface area contributed by atoms with Crippen LogP contribution in [-0.2, 0) is 17.9 Å². The molecule has 3 rings (SSSR count). The smallest absolute Gasteiger partial charge is 0.248 e. The molecule has 0 saturated heterocycles. The van der Waals surface area contributed by atoms with Crippen molar-refractivity contribution in [3.63, 3.8) is 0 Å². The maximum Gasteiger partial charge on any atom is 0.248 e. The molecule has 0 bridgehead atoms. The number of hydrogen-bond donors (Lipinski definition) is 1. The lowest BCUT2D eigenvalue weighted by Crippen LogP contribution is -2.21. The second-order valence-electron chi connectivity index (χ2n) is 5.70. The van der Waals surface area contributed by atoms with E-state index in [1.807, 2.05) is 19.9 Å². The minimum absolute atomic E-state index is 0.0829. The average Bonchev–Trinajstić information content (AvgIpc) is 3.11. The van der Waals surface area contributed by atoms with Crippen LogP contribution in [0.3, 0.4) is 0 Å². The molecule has 0 aliphatic heterocycles. The number of hydrogen-bond acceptors (Lipinski definition) is 4. The Kier molecular flexibility index (Phi) is 5.64. The van der Waals surface area contributed by atoms with Gasteiger partial charge in [0, 0.05) is 0 Å². The fourth-order valence-electron chi connectivity index (χ4n) is 2.38. The number of carbonyl (C=O) groups excluding carboxylic acids is 1. The molecule has 0 unspecified atom stereocenters. The van der Waals surface area contributed by atoms with Crippen LogP contribution in [0.1, 0.15) is 17.0 Å². The predicted octanol–water partition coefficient (Wildman–Crippen LogP) is 3.85. The number of nitrogens with zero attached hydrogens (tertiary/aromatic N) is 5. The van der Waals surface area contributed by atoms with Crippen molar-refractivity contribution >= 4 is 51.0 Å². The van der Waals surface area contributed by atoms with Crippen molar-refractivity contribution < 1.29 is 4.79 Å². The fourth-order valence-corrected chi connectivity index (χ4v) is 2.99. The largest absolute Gasteiger partial charge is 0.292 e. The van der Waals surface area contributed by atoms with Crippen LogP contribution in [0, 0.1) is 13.8 Å². The van der Waals surface area contributed by atoms with E-state index in [4.69, 9.17) is 23.2 Å². The van der Waals surface area contributed by atoms with Crippen LogP contribution < -0.4 is 5.32 Å². The van der Waals surface area contributed by atoms with E-state index >= 15 is 0 Å². The molecule has 10 heteroatoms. The number of nitrogens with one attached hydrogen (secondary N) is 1. The van der Waals surface area contributed by atoms with Crippen LogP contribution in [-0.4, -0.2) is 30.5 Å². The van der Waals surface area contributed by atoms with Crippen molar-refractivity contribution in [2.75, 3.05) is 5.32 Å². The van der Waals surface area contributed by atoms with Gasteiger partial charge in [-0.3, -0.25) is 14.8 Å². The second kappa shape index (κ2) is 7.77. The summed E-state index contributed by atoms with van der Waals surface area (Å²) >= 11 is 15.4. The molecule has 2 heterocycles. The molecule has 0 radical (unpaired) electrons. The van der Waals surface area contributed by atoms with Gasteiger partial charge in [-0.1, -0.05) is 29.3 Å². The Morgan fingerprint density at radius 1 is 1.23 bits per heavy atom. The highest BCUT2D eigenvalue weighted by Crippen LogP contribution is 2.23. The number of carbonyl (C=O) groups is 1. The standard InChI is InChI=1S/C16H15BrCl2N6O/c1-9-15(17)10(2)25(22-9)7-14(26)21-16-20-8-24(23-16)6-11-3-4-12(18)13(19)5-11/h3-5,8H,6-7H2,1-2H3,(H,21,23,26). The van der Waals surface area contributed by atoms with E-state index in [1.54, 1.807) is 21.5 Å². The minimum atomic E-state index is -0.254. The molecule has 0 atom stereocenters. The van der Waals surface area contributed by atoms with Gasteiger partial charge in [-0.05, 0) is 47.5 Å². The van der Waals surface area contributed by atoms with Crippen molar-refractivity contribution in [3.05, 3.63) is 56.0 Å². The zero-order chi connectivity index (χ0) is 18.8. The lowest BCUT2D eigenvalue weighted by atomic mass is 10.2. The van der Waals surface area contributed by atoms with Crippen LogP contribution in [0.25, 0.3) is 0 Å². The third-order valence-electron chi connectivity index (χ3n) is 3.70. The minimum Gasteiger partial charge on any atom is -0.292 e. The van der Waals surface area contributed by atoms with Crippen molar-refractivity contribution in [1.29, 1.82) is 0 Å². The Balaban J connectivity index is 1.63. The highest BCUT2D eigenvalue weighted by atomic mass is 79.9. The normalized spacial score (nSPS) is 11.0. The number of halogens is 3. The molecule has 1 aromatic carbocycles. The Hall–Kier alpha value is -1.90. The maximum atomic E-state index is 12.2. The summed E-state index contributed by atoms with van der Waals surface area (Å²) in [5.41, 5.74) is 2.64. The highest BCUT2D eigenvalue weighted by Gasteiger charge is 2.13. The molecular weight excluding hydrogens is 443 g/mol. The molecule has 1 amide bonds. The molecule has 3 aromatic rings. The summed E-state index contributed by atoms with van der Waals surface area (Å²) in [6.45, 7) is 4.31. The summed E-state index contributed by atoms with van der Waals surface area (Å²) in [5.74, 6) is -0.0222. The lowest BCUT2D eigenvalue weighted by molar-refractivity contribution is -0.117. The number of benzene rings is 1. The van der Waals surface area contributed by atoms with Crippen molar-refractivity contribution in [1.82, 2.24) is 24.5 Å². The monoisotopic (exact) mass is 456 g/mol. The third-order valence-corrected chi connectivity index (χ3v) is 5.59. The summed E-state index contributed by atoms with van der Waals surface area (Å²) in [6.07, 6.45) is 1.54. The van der Waals surface area contributed by atoms with Crippen LogP contribution in [0.4, 0.5) is 5.95 Å². The summed E-state index contributed by atoms with van der Waals surface area (Å²) < 4.78 is 4.13. The Morgan fingerprint density at radius 2 is 2.00 bits per heavy atom. The number of amides is 1. The Bertz CT molecular complexity index is 968. The number of aromatic nitrogens is 5. The fraction of sp³-hybridized carbons (Fsp3) is 0.250. The van der Waals surface area contributed by atoms with Crippen LogP contribution in [0.15, 0.2) is 29.0 Å². The molecule has 26 heavy (non-hydrogen) atoms. The summed E-state index contributed by atoms with van der Waals surface area (Å²) in [4.78, 5) is 16.3. The first kappa shape index (κ1) is 18.9. The van der Waals surface area contributed by atoms with Gasteiger partial charge in [-0.2, -0.15) is 5.10 Å². The van der Waals surface area contributed by atoms with E-state index in [-0.39, 0.29) is 18.4 Å². The molecule has 1 N–H and O–H groups in total. The molecule has 0 aliphatic rings. The second-order valence-corrected chi connectivity index (χ2v) is 7.31. The molecule has 0 spiro atoms. The molecule has 136 valence electrons.